The van der Waals surface area contributed by atoms with Crippen LogP contribution in [0.25, 0.3) is 32.9 Å². The van der Waals surface area contributed by atoms with Crippen LogP contribution in [0.3, 0.4) is 0 Å². The second-order valence-corrected chi connectivity index (χ2v) is 12.4. The van der Waals surface area contributed by atoms with Gasteiger partial charge in [-0.1, -0.05) is 51.1 Å². The summed E-state index contributed by atoms with van der Waals surface area (Å²) >= 11 is 0. The molecule has 0 amide bonds. The molecule has 5 nitrogen and oxygen atoms in total. The fourth-order valence-corrected chi connectivity index (χ4v) is 5.95. The van der Waals surface area contributed by atoms with Crippen molar-refractivity contribution in [3.63, 3.8) is 0 Å². The summed E-state index contributed by atoms with van der Waals surface area (Å²) in [5, 5.41) is 2.16. The number of nitrogens with one attached hydrogen (secondary N) is 1. The molecule has 172 valence electrons. The number of fused-ring (bicyclic) bond motifs is 2. The van der Waals surface area contributed by atoms with Crippen LogP contribution in [0, 0.1) is 5.41 Å². The maximum atomic E-state index is 12.2. The SMILES string of the molecule is CC(C)(C)Cc1cn(CCNS(=O)(=O)C2CC2)c2ccc(-c3cccc4cccnc34)cc12. The number of benzene rings is 2. The first-order valence-electron chi connectivity index (χ1n) is 11.7. The maximum Gasteiger partial charge on any atom is 0.214 e. The molecule has 6 heteroatoms. The zero-order chi connectivity index (χ0) is 23.2. The van der Waals surface area contributed by atoms with Gasteiger partial charge in [-0.15, -0.1) is 0 Å². The molecule has 2 aromatic carbocycles. The fourth-order valence-electron chi connectivity index (χ4n) is 4.58. The zero-order valence-corrected chi connectivity index (χ0v) is 20.3. The Bertz CT molecular complexity index is 1420. The third kappa shape index (κ3) is 4.68. The Balaban J connectivity index is 1.53. The average Bonchev–Trinajstić information content (AvgIpc) is 3.58. The quantitative estimate of drug-likeness (QED) is 0.394. The predicted molar refractivity (Wildman–Crippen MR) is 136 cm³/mol. The molecule has 1 fully saturated rings. The Kier molecular flexibility index (Phi) is 5.53. The monoisotopic (exact) mass is 461 g/mol. The number of pyridine rings is 1. The minimum Gasteiger partial charge on any atom is -0.346 e. The number of para-hydroxylation sites is 1. The van der Waals surface area contributed by atoms with E-state index < -0.39 is 10.0 Å². The molecule has 1 aliphatic carbocycles. The van der Waals surface area contributed by atoms with E-state index in [9.17, 15) is 8.42 Å². The van der Waals surface area contributed by atoms with Crippen LogP contribution in [-0.2, 0) is 23.0 Å². The molecule has 4 aromatic rings. The Morgan fingerprint density at radius 2 is 1.88 bits per heavy atom. The van der Waals surface area contributed by atoms with Crippen molar-refractivity contribution in [3.05, 3.63) is 66.5 Å². The zero-order valence-electron chi connectivity index (χ0n) is 19.5. The standard InChI is InChI=1S/C27H31N3O2S/c1-27(2,3)17-21-18-30(15-14-29-33(31,32)22-10-11-22)25-12-9-20(16-24(21)25)23-8-4-6-19-7-5-13-28-26(19)23/h4-9,12-13,16,18,22,29H,10-11,14-15,17H2,1-3H3. The van der Waals surface area contributed by atoms with Crippen molar-refractivity contribution < 1.29 is 8.42 Å². The third-order valence-corrected chi connectivity index (χ3v) is 8.20. The van der Waals surface area contributed by atoms with E-state index >= 15 is 0 Å². The molecule has 1 aliphatic rings. The van der Waals surface area contributed by atoms with Crippen molar-refractivity contribution in [1.29, 1.82) is 0 Å². The third-order valence-electron chi connectivity index (χ3n) is 6.25. The number of hydrogen-bond donors (Lipinski definition) is 1. The van der Waals surface area contributed by atoms with Gasteiger partial charge in [0, 0.05) is 47.3 Å². The summed E-state index contributed by atoms with van der Waals surface area (Å²) < 4.78 is 29.4. The highest BCUT2D eigenvalue weighted by molar-refractivity contribution is 7.90. The van der Waals surface area contributed by atoms with Crippen LogP contribution in [0.15, 0.2) is 60.9 Å². The second-order valence-electron chi connectivity index (χ2n) is 10.3. The first-order valence-corrected chi connectivity index (χ1v) is 13.2. The van der Waals surface area contributed by atoms with Gasteiger partial charge in [0.05, 0.1) is 10.8 Å². The predicted octanol–water partition coefficient (Wildman–Crippen LogP) is 5.53. The van der Waals surface area contributed by atoms with Gasteiger partial charge in [-0.2, -0.15) is 0 Å². The Morgan fingerprint density at radius 1 is 1.09 bits per heavy atom. The van der Waals surface area contributed by atoms with E-state index in [1.165, 1.54) is 10.9 Å². The minimum absolute atomic E-state index is 0.143. The summed E-state index contributed by atoms with van der Waals surface area (Å²) in [6, 6.07) is 16.9. The van der Waals surface area contributed by atoms with Crippen LogP contribution in [0.1, 0.15) is 39.2 Å². The lowest BCUT2D eigenvalue weighted by Gasteiger charge is -2.17. The summed E-state index contributed by atoms with van der Waals surface area (Å²) in [4.78, 5) is 4.64. The van der Waals surface area contributed by atoms with Gasteiger partial charge in [-0.05, 0) is 54.0 Å². The molecule has 0 spiro atoms. The van der Waals surface area contributed by atoms with Crippen molar-refractivity contribution in [3.8, 4) is 11.1 Å². The van der Waals surface area contributed by atoms with E-state index in [1.54, 1.807) is 0 Å². The van der Waals surface area contributed by atoms with Crippen molar-refractivity contribution in [1.82, 2.24) is 14.3 Å². The molecule has 2 aromatic heterocycles. The number of sulfonamides is 1. The Morgan fingerprint density at radius 3 is 2.64 bits per heavy atom. The molecule has 33 heavy (non-hydrogen) atoms. The molecule has 0 saturated heterocycles. The number of aromatic nitrogens is 2. The number of rotatable bonds is 7. The van der Waals surface area contributed by atoms with Gasteiger partial charge < -0.3 is 4.57 Å². The molecule has 0 aliphatic heterocycles. The molecule has 0 radical (unpaired) electrons. The minimum atomic E-state index is -3.17. The van der Waals surface area contributed by atoms with Gasteiger partial charge in [-0.3, -0.25) is 4.98 Å². The highest BCUT2D eigenvalue weighted by Gasteiger charge is 2.35. The van der Waals surface area contributed by atoms with Crippen LogP contribution in [0.2, 0.25) is 0 Å². The summed E-state index contributed by atoms with van der Waals surface area (Å²) in [7, 11) is -3.17. The van der Waals surface area contributed by atoms with Crippen molar-refractivity contribution >= 4 is 31.8 Å². The largest absolute Gasteiger partial charge is 0.346 e. The van der Waals surface area contributed by atoms with E-state index in [0.717, 1.165) is 46.8 Å². The Labute approximate surface area is 195 Å². The normalized spacial score (nSPS) is 14.9. The molecule has 0 atom stereocenters. The highest BCUT2D eigenvalue weighted by atomic mass is 32.2. The van der Waals surface area contributed by atoms with Gasteiger partial charge in [-0.25, -0.2) is 13.1 Å². The maximum absolute atomic E-state index is 12.2. The highest BCUT2D eigenvalue weighted by Crippen LogP contribution is 2.34. The van der Waals surface area contributed by atoms with Crippen molar-refractivity contribution in [2.24, 2.45) is 5.41 Å². The average molecular weight is 462 g/mol. The smallest absolute Gasteiger partial charge is 0.214 e. The summed E-state index contributed by atoms with van der Waals surface area (Å²) in [6.07, 6.45) is 6.55. The van der Waals surface area contributed by atoms with E-state index in [0.29, 0.717) is 13.1 Å². The van der Waals surface area contributed by atoms with E-state index in [-0.39, 0.29) is 10.7 Å². The lowest BCUT2D eigenvalue weighted by Crippen LogP contribution is -2.30. The van der Waals surface area contributed by atoms with Crippen molar-refractivity contribution in [2.75, 3.05) is 6.54 Å². The molecule has 2 heterocycles. The first kappa shape index (κ1) is 22.1. The van der Waals surface area contributed by atoms with Crippen LogP contribution in [0.4, 0.5) is 0 Å². The van der Waals surface area contributed by atoms with Gasteiger partial charge in [0.2, 0.25) is 10.0 Å². The van der Waals surface area contributed by atoms with Gasteiger partial charge in [0.25, 0.3) is 0 Å². The molecule has 0 bridgehead atoms. The molecule has 1 saturated carbocycles. The number of hydrogen-bond acceptors (Lipinski definition) is 3. The lowest BCUT2D eigenvalue weighted by atomic mass is 9.87. The molecule has 1 N–H and O–H groups in total. The van der Waals surface area contributed by atoms with Gasteiger partial charge >= 0.3 is 0 Å². The van der Waals surface area contributed by atoms with Crippen LogP contribution >= 0.6 is 0 Å². The van der Waals surface area contributed by atoms with Crippen molar-refractivity contribution in [2.45, 2.75) is 51.8 Å². The number of nitrogens with zero attached hydrogens (tertiary/aromatic N) is 2. The fraction of sp³-hybridized carbons (Fsp3) is 0.370. The molecular formula is C27H31N3O2S. The van der Waals surface area contributed by atoms with Gasteiger partial charge in [0.15, 0.2) is 0 Å². The van der Waals surface area contributed by atoms with E-state index in [1.807, 2.05) is 12.3 Å². The topological polar surface area (TPSA) is 64.0 Å². The first-order chi connectivity index (χ1) is 15.7. The molecule has 0 unspecified atom stereocenters. The Hall–Kier alpha value is -2.70. The van der Waals surface area contributed by atoms with E-state index in [2.05, 4.69) is 83.7 Å². The van der Waals surface area contributed by atoms with Crippen LogP contribution < -0.4 is 4.72 Å². The van der Waals surface area contributed by atoms with E-state index in [4.69, 9.17) is 0 Å². The second kappa shape index (κ2) is 8.26. The molecular weight excluding hydrogens is 430 g/mol. The summed E-state index contributed by atoms with van der Waals surface area (Å²) in [6.45, 7) is 7.77. The molecule has 5 rings (SSSR count). The van der Waals surface area contributed by atoms with Gasteiger partial charge in [0.1, 0.15) is 0 Å². The summed E-state index contributed by atoms with van der Waals surface area (Å²) in [5.41, 5.74) is 5.85. The van der Waals surface area contributed by atoms with Crippen LogP contribution in [0.5, 0.6) is 0 Å². The van der Waals surface area contributed by atoms with Crippen LogP contribution in [-0.4, -0.2) is 29.8 Å². The lowest BCUT2D eigenvalue weighted by molar-refractivity contribution is 0.412. The summed E-state index contributed by atoms with van der Waals surface area (Å²) in [5.74, 6) is 0.